The number of aromatic nitrogens is 3. The number of nitrogens with zero attached hydrogens (tertiary/aromatic N) is 4. The normalized spacial score (nSPS) is 14.6. The molecule has 1 N–H and O–H groups in total. The number of aromatic amines is 1. The lowest BCUT2D eigenvalue weighted by atomic mass is 10.1. The van der Waals surface area contributed by atoms with Crippen LogP contribution in [0.3, 0.4) is 0 Å². The van der Waals surface area contributed by atoms with Gasteiger partial charge in [0.2, 0.25) is 11.8 Å². The van der Waals surface area contributed by atoms with Crippen molar-refractivity contribution in [1.82, 2.24) is 25.0 Å². The van der Waals surface area contributed by atoms with Crippen molar-refractivity contribution >= 4 is 11.8 Å². The zero-order valence-electron chi connectivity index (χ0n) is 18.6. The summed E-state index contributed by atoms with van der Waals surface area (Å²) >= 11 is 0. The average molecular weight is 450 g/mol. The highest BCUT2D eigenvalue weighted by atomic mass is 16.5. The maximum Gasteiger partial charge on any atom is 0.259 e. The third kappa shape index (κ3) is 5.68. The number of ether oxygens (including phenoxy) is 2. The number of H-pyrrole nitrogens is 1. The number of benzene rings is 1. The fourth-order valence-corrected chi connectivity index (χ4v) is 3.61. The van der Waals surface area contributed by atoms with E-state index in [2.05, 4.69) is 15.2 Å². The predicted molar refractivity (Wildman–Crippen MR) is 121 cm³/mol. The van der Waals surface area contributed by atoms with Crippen molar-refractivity contribution in [2.75, 3.05) is 33.3 Å². The molecular formula is C24H27N5O4. The van der Waals surface area contributed by atoms with E-state index in [9.17, 15) is 9.59 Å². The Kier molecular flexibility index (Phi) is 7.19. The fraction of sp³-hybridized carbons (Fsp3) is 0.333. The number of fused-ring (bicyclic) bond motifs is 2. The van der Waals surface area contributed by atoms with Gasteiger partial charge in [-0.1, -0.05) is 12.1 Å². The van der Waals surface area contributed by atoms with Crippen LogP contribution in [0.15, 0.2) is 55.0 Å². The van der Waals surface area contributed by atoms with Crippen molar-refractivity contribution in [2.24, 2.45) is 0 Å². The van der Waals surface area contributed by atoms with E-state index in [0.717, 1.165) is 18.4 Å². The van der Waals surface area contributed by atoms with Crippen LogP contribution < -0.4 is 9.47 Å². The highest BCUT2D eigenvalue weighted by Crippen LogP contribution is 2.32. The van der Waals surface area contributed by atoms with E-state index in [0.29, 0.717) is 49.7 Å². The molecule has 33 heavy (non-hydrogen) atoms. The maximum absolute atomic E-state index is 13.1. The van der Waals surface area contributed by atoms with Crippen LogP contribution >= 0.6 is 0 Å². The summed E-state index contributed by atoms with van der Waals surface area (Å²) in [5.41, 5.74) is 1.43. The van der Waals surface area contributed by atoms with E-state index < -0.39 is 0 Å². The van der Waals surface area contributed by atoms with Crippen molar-refractivity contribution in [3.05, 3.63) is 66.1 Å². The molecule has 9 heteroatoms. The predicted octanol–water partition coefficient (Wildman–Crippen LogP) is 2.91. The third-order valence-electron chi connectivity index (χ3n) is 5.49. The second-order valence-corrected chi connectivity index (χ2v) is 7.82. The Balaban J connectivity index is 1.51. The molecule has 1 aliphatic heterocycles. The van der Waals surface area contributed by atoms with Crippen molar-refractivity contribution in [1.29, 1.82) is 0 Å². The molecule has 3 heterocycles. The summed E-state index contributed by atoms with van der Waals surface area (Å²) in [6.45, 7) is 1.51. The van der Waals surface area contributed by atoms with Crippen LogP contribution in [0.2, 0.25) is 0 Å². The van der Waals surface area contributed by atoms with Gasteiger partial charge in [-0.05, 0) is 42.7 Å². The molecule has 0 saturated heterocycles. The van der Waals surface area contributed by atoms with Gasteiger partial charge in [0.05, 0.1) is 12.7 Å². The first-order valence-electron chi connectivity index (χ1n) is 11.0. The van der Waals surface area contributed by atoms with Crippen molar-refractivity contribution in [3.8, 4) is 17.4 Å². The van der Waals surface area contributed by atoms with Gasteiger partial charge in [0.1, 0.15) is 12.2 Å². The molecule has 172 valence electrons. The van der Waals surface area contributed by atoms with Crippen molar-refractivity contribution in [2.45, 2.75) is 19.3 Å². The zero-order valence-corrected chi connectivity index (χ0v) is 18.6. The summed E-state index contributed by atoms with van der Waals surface area (Å²) in [4.78, 5) is 33.6. The van der Waals surface area contributed by atoms with Gasteiger partial charge in [0.25, 0.3) is 5.91 Å². The minimum absolute atomic E-state index is 0.0319. The summed E-state index contributed by atoms with van der Waals surface area (Å²) in [6, 6.07) is 10.6. The van der Waals surface area contributed by atoms with E-state index >= 15 is 0 Å². The van der Waals surface area contributed by atoms with Crippen LogP contribution in [-0.4, -0.2) is 70.1 Å². The Labute approximate surface area is 192 Å². The largest absolute Gasteiger partial charge is 0.488 e. The minimum atomic E-state index is -0.219. The van der Waals surface area contributed by atoms with Gasteiger partial charge in [-0.3, -0.25) is 14.7 Å². The van der Waals surface area contributed by atoms with Gasteiger partial charge in [-0.15, -0.1) is 0 Å². The van der Waals surface area contributed by atoms with E-state index in [1.54, 1.807) is 53.5 Å². The van der Waals surface area contributed by atoms with Crippen LogP contribution in [0.25, 0.3) is 0 Å². The molecule has 3 aromatic rings. The van der Waals surface area contributed by atoms with Gasteiger partial charge in [0, 0.05) is 39.0 Å². The van der Waals surface area contributed by atoms with Gasteiger partial charge >= 0.3 is 0 Å². The summed E-state index contributed by atoms with van der Waals surface area (Å²) in [7, 11) is 1.71. The first-order valence-corrected chi connectivity index (χ1v) is 11.0. The maximum atomic E-state index is 13.1. The summed E-state index contributed by atoms with van der Waals surface area (Å²) in [6.07, 6.45) is 7.10. The van der Waals surface area contributed by atoms with Crippen LogP contribution in [0.5, 0.6) is 17.4 Å². The van der Waals surface area contributed by atoms with Crippen LogP contribution in [0.4, 0.5) is 0 Å². The molecular weight excluding hydrogens is 422 g/mol. The molecule has 0 atom stereocenters. The Morgan fingerprint density at radius 2 is 1.97 bits per heavy atom. The van der Waals surface area contributed by atoms with Crippen LogP contribution in [0.1, 0.15) is 28.8 Å². The molecule has 0 fully saturated rings. The number of likely N-dealkylation sites (N-methyl/N-ethyl adjacent to an activating group) is 1. The van der Waals surface area contributed by atoms with Gasteiger partial charge in [-0.2, -0.15) is 5.10 Å². The molecule has 4 rings (SSSR count). The lowest BCUT2D eigenvalue weighted by Gasteiger charge is -2.26. The molecule has 1 aliphatic rings. The number of carbonyl (C=O) groups is 2. The van der Waals surface area contributed by atoms with Crippen molar-refractivity contribution < 1.29 is 19.1 Å². The van der Waals surface area contributed by atoms with E-state index in [4.69, 9.17) is 9.47 Å². The number of amides is 2. The molecule has 2 aromatic heterocycles. The summed E-state index contributed by atoms with van der Waals surface area (Å²) in [5, 5.41) is 6.72. The smallest absolute Gasteiger partial charge is 0.259 e. The van der Waals surface area contributed by atoms with Crippen LogP contribution in [0, 0.1) is 0 Å². The monoisotopic (exact) mass is 449 g/mol. The minimum Gasteiger partial charge on any atom is -0.488 e. The Bertz CT molecular complexity index is 1090. The number of hydrogen-bond donors (Lipinski definition) is 1. The lowest BCUT2D eigenvalue weighted by Crippen LogP contribution is -2.41. The van der Waals surface area contributed by atoms with E-state index in [-0.39, 0.29) is 17.7 Å². The van der Waals surface area contributed by atoms with E-state index in [1.165, 1.54) is 0 Å². The van der Waals surface area contributed by atoms with E-state index in [1.807, 2.05) is 18.3 Å². The van der Waals surface area contributed by atoms with Gasteiger partial charge in [0.15, 0.2) is 11.5 Å². The fourth-order valence-electron chi connectivity index (χ4n) is 3.61. The molecule has 2 amide bonds. The zero-order chi connectivity index (χ0) is 23.0. The second kappa shape index (κ2) is 10.6. The molecule has 1 aromatic carbocycles. The SMILES string of the molecule is CN1CCN(C(=O)CCCc2cn[nH]c2)CCOc2ccccc2Oc2ncccc2C1=O. The summed E-state index contributed by atoms with van der Waals surface area (Å²) in [5.74, 6) is 1.02. The highest BCUT2D eigenvalue weighted by molar-refractivity contribution is 5.96. The quantitative estimate of drug-likeness (QED) is 0.657. The number of nitrogens with one attached hydrogen (secondary N) is 1. The first kappa shape index (κ1) is 22.3. The van der Waals surface area contributed by atoms with Gasteiger partial charge in [-0.25, -0.2) is 4.98 Å². The number of carbonyl (C=O) groups excluding carboxylic acids is 2. The molecule has 0 unspecified atom stereocenters. The molecule has 0 saturated carbocycles. The first-order chi connectivity index (χ1) is 16.1. The van der Waals surface area contributed by atoms with Gasteiger partial charge < -0.3 is 19.3 Å². The van der Waals surface area contributed by atoms with Crippen molar-refractivity contribution in [3.63, 3.8) is 0 Å². The lowest BCUT2D eigenvalue weighted by molar-refractivity contribution is -0.131. The Morgan fingerprint density at radius 1 is 1.12 bits per heavy atom. The molecule has 0 bridgehead atoms. The number of para-hydroxylation sites is 2. The number of hydrogen-bond acceptors (Lipinski definition) is 6. The second-order valence-electron chi connectivity index (χ2n) is 7.82. The van der Waals surface area contributed by atoms with Crippen LogP contribution in [-0.2, 0) is 11.2 Å². The number of aryl methyl sites for hydroxylation is 1. The third-order valence-corrected chi connectivity index (χ3v) is 5.49. The molecule has 0 aliphatic carbocycles. The Hall–Kier alpha value is -3.88. The Morgan fingerprint density at radius 3 is 2.79 bits per heavy atom. The molecule has 9 nitrogen and oxygen atoms in total. The average Bonchev–Trinajstić information content (AvgIpc) is 3.35. The number of rotatable bonds is 4. The standard InChI is InChI=1S/C24H27N5O4/c1-28-12-13-29(22(30)10-4-6-18-16-26-27-17-18)14-15-32-20-8-2-3-9-21(20)33-23-19(24(28)31)7-5-11-25-23/h2-3,5,7-9,11,16-17H,4,6,10,12-15H2,1H3,(H,26,27). The summed E-state index contributed by atoms with van der Waals surface area (Å²) < 4.78 is 11.9. The molecule has 0 spiro atoms. The highest BCUT2D eigenvalue weighted by Gasteiger charge is 2.22. The molecule has 0 radical (unpaired) electrons. The number of pyridine rings is 1. The topological polar surface area (TPSA) is 101 Å².